The second kappa shape index (κ2) is 5.81. The Balaban J connectivity index is 3.01. The third-order valence-electron chi connectivity index (χ3n) is 2.23. The number of nitrogens with zero attached hydrogens (tertiary/aromatic N) is 2. The van der Waals surface area contributed by atoms with Gasteiger partial charge in [-0.05, 0) is 28.9 Å². The molecule has 0 bridgehead atoms. The van der Waals surface area contributed by atoms with Crippen molar-refractivity contribution in [1.82, 2.24) is 0 Å². The number of anilines is 1. The topological polar surface area (TPSA) is 66.6 Å². The van der Waals surface area contributed by atoms with E-state index in [0.717, 1.165) is 12.2 Å². The first kappa shape index (κ1) is 12.9. The largest absolute Gasteiger partial charge is 0.395 e. The van der Waals surface area contributed by atoms with E-state index in [2.05, 4.69) is 15.9 Å². The lowest BCUT2D eigenvalue weighted by Crippen LogP contribution is -2.26. The molecular weight excluding hydrogens is 276 g/mol. The number of rotatable bonds is 5. The highest BCUT2D eigenvalue weighted by atomic mass is 79.9. The van der Waals surface area contributed by atoms with Crippen LogP contribution in [0.2, 0.25) is 0 Å². The molecule has 6 heteroatoms. The summed E-state index contributed by atoms with van der Waals surface area (Å²) in [6.45, 7) is 3.25. The summed E-state index contributed by atoms with van der Waals surface area (Å²) in [6.07, 6.45) is 0. The molecule has 1 aromatic carbocycles. The predicted molar refractivity (Wildman–Crippen MR) is 65.8 cm³/mol. The minimum Gasteiger partial charge on any atom is -0.395 e. The monoisotopic (exact) mass is 288 g/mol. The van der Waals surface area contributed by atoms with E-state index in [1.165, 1.54) is 12.1 Å². The number of nitro benzene ring substituents is 1. The van der Waals surface area contributed by atoms with Gasteiger partial charge in [0.15, 0.2) is 0 Å². The Morgan fingerprint density at radius 3 is 2.69 bits per heavy atom. The van der Waals surface area contributed by atoms with Crippen molar-refractivity contribution in [2.24, 2.45) is 0 Å². The molecule has 1 rings (SSSR count). The van der Waals surface area contributed by atoms with Gasteiger partial charge in [-0.1, -0.05) is 0 Å². The van der Waals surface area contributed by atoms with Crippen molar-refractivity contribution in [2.75, 3.05) is 24.6 Å². The highest BCUT2D eigenvalue weighted by molar-refractivity contribution is 9.10. The number of non-ortho nitro benzene ring substituents is 1. The number of hydrogen-bond donors (Lipinski definition) is 1. The first-order chi connectivity index (χ1) is 7.60. The lowest BCUT2D eigenvalue weighted by atomic mass is 10.2. The van der Waals surface area contributed by atoms with Crippen LogP contribution in [-0.2, 0) is 0 Å². The molecule has 0 saturated heterocycles. The molecule has 0 unspecified atom stereocenters. The van der Waals surface area contributed by atoms with Gasteiger partial charge in [0.25, 0.3) is 5.69 Å². The number of aliphatic hydroxyl groups is 1. The second-order valence-corrected chi connectivity index (χ2v) is 4.05. The fourth-order valence-corrected chi connectivity index (χ4v) is 2.05. The van der Waals surface area contributed by atoms with Crippen LogP contribution in [0, 0.1) is 10.1 Å². The average molecular weight is 289 g/mol. The van der Waals surface area contributed by atoms with Gasteiger partial charge in [0.1, 0.15) is 0 Å². The number of benzene rings is 1. The quantitative estimate of drug-likeness (QED) is 0.666. The third kappa shape index (κ3) is 2.93. The first-order valence-corrected chi connectivity index (χ1v) is 5.69. The van der Waals surface area contributed by atoms with Crippen LogP contribution >= 0.6 is 15.9 Å². The molecule has 0 saturated carbocycles. The molecule has 0 fully saturated rings. The molecule has 0 radical (unpaired) electrons. The van der Waals surface area contributed by atoms with E-state index in [1.807, 2.05) is 11.8 Å². The van der Waals surface area contributed by atoms with Crippen molar-refractivity contribution < 1.29 is 10.0 Å². The average Bonchev–Trinajstić information content (AvgIpc) is 2.26. The highest BCUT2D eigenvalue weighted by Crippen LogP contribution is 2.29. The predicted octanol–water partition coefficient (Wildman–Crippen LogP) is 2.18. The lowest BCUT2D eigenvalue weighted by Gasteiger charge is -2.23. The summed E-state index contributed by atoms with van der Waals surface area (Å²) >= 11 is 3.30. The molecule has 0 amide bonds. The Labute approximate surface area is 102 Å². The van der Waals surface area contributed by atoms with Crippen LogP contribution in [0.25, 0.3) is 0 Å². The molecule has 0 aliphatic carbocycles. The Morgan fingerprint density at radius 1 is 1.56 bits per heavy atom. The molecule has 0 atom stereocenters. The van der Waals surface area contributed by atoms with Gasteiger partial charge in [-0.15, -0.1) is 0 Å². The first-order valence-electron chi connectivity index (χ1n) is 4.90. The normalized spacial score (nSPS) is 10.2. The van der Waals surface area contributed by atoms with Crippen LogP contribution in [-0.4, -0.2) is 29.7 Å². The maximum Gasteiger partial charge on any atom is 0.270 e. The van der Waals surface area contributed by atoms with Gasteiger partial charge in [-0.3, -0.25) is 10.1 Å². The van der Waals surface area contributed by atoms with E-state index in [0.29, 0.717) is 11.0 Å². The van der Waals surface area contributed by atoms with Gasteiger partial charge >= 0.3 is 0 Å². The molecule has 88 valence electrons. The summed E-state index contributed by atoms with van der Waals surface area (Å²) < 4.78 is 0.664. The van der Waals surface area contributed by atoms with Gasteiger partial charge in [0.05, 0.1) is 17.2 Å². The SMILES string of the molecule is CCN(CCO)c1ccc([N+](=O)[O-])cc1Br. The summed E-state index contributed by atoms with van der Waals surface area (Å²) in [5, 5.41) is 19.5. The van der Waals surface area contributed by atoms with Crippen molar-refractivity contribution in [3.8, 4) is 0 Å². The van der Waals surface area contributed by atoms with Crippen LogP contribution in [0.15, 0.2) is 22.7 Å². The lowest BCUT2D eigenvalue weighted by molar-refractivity contribution is -0.384. The van der Waals surface area contributed by atoms with Crippen LogP contribution in [0.1, 0.15) is 6.92 Å². The minimum atomic E-state index is -0.434. The molecule has 0 spiro atoms. The minimum absolute atomic E-state index is 0.0516. The van der Waals surface area contributed by atoms with Crippen molar-refractivity contribution in [1.29, 1.82) is 0 Å². The van der Waals surface area contributed by atoms with E-state index in [1.54, 1.807) is 6.07 Å². The zero-order valence-corrected chi connectivity index (χ0v) is 10.5. The molecular formula is C10H13BrN2O3. The van der Waals surface area contributed by atoms with Crippen LogP contribution in [0.4, 0.5) is 11.4 Å². The second-order valence-electron chi connectivity index (χ2n) is 3.20. The molecule has 1 N–H and O–H groups in total. The molecule has 5 nitrogen and oxygen atoms in total. The summed E-state index contributed by atoms with van der Waals surface area (Å²) in [7, 11) is 0. The zero-order chi connectivity index (χ0) is 12.1. The molecule has 0 heterocycles. The summed E-state index contributed by atoms with van der Waals surface area (Å²) in [5.41, 5.74) is 0.901. The van der Waals surface area contributed by atoms with Gasteiger partial charge in [0.2, 0.25) is 0 Å². The van der Waals surface area contributed by atoms with Crippen LogP contribution in [0.3, 0.4) is 0 Å². The highest BCUT2D eigenvalue weighted by Gasteiger charge is 2.12. The third-order valence-corrected chi connectivity index (χ3v) is 2.87. The van der Waals surface area contributed by atoms with Gasteiger partial charge < -0.3 is 10.0 Å². The van der Waals surface area contributed by atoms with Gasteiger partial charge in [0, 0.05) is 29.7 Å². The molecule has 0 aliphatic heterocycles. The maximum absolute atomic E-state index is 10.6. The van der Waals surface area contributed by atoms with E-state index in [9.17, 15) is 10.1 Å². The fraction of sp³-hybridized carbons (Fsp3) is 0.400. The van der Waals surface area contributed by atoms with Crippen molar-refractivity contribution in [3.05, 3.63) is 32.8 Å². The smallest absolute Gasteiger partial charge is 0.270 e. The summed E-state index contributed by atoms with van der Waals surface area (Å²) in [5.74, 6) is 0. The number of likely N-dealkylation sites (N-methyl/N-ethyl adjacent to an activating group) is 1. The van der Waals surface area contributed by atoms with Gasteiger partial charge in [-0.25, -0.2) is 0 Å². The summed E-state index contributed by atoms with van der Waals surface area (Å²) in [6, 6.07) is 4.61. The number of aliphatic hydroxyl groups excluding tert-OH is 1. The molecule has 0 aliphatic rings. The number of nitro groups is 1. The molecule has 16 heavy (non-hydrogen) atoms. The van der Waals surface area contributed by atoms with E-state index in [-0.39, 0.29) is 12.3 Å². The number of hydrogen-bond acceptors (Lipinski definition) is 4. The van der Waals surface area contributed by atoms with Crippen molar-refractivity contribution in [3.63, 3.8) is 0 Å². The fourth-order valence-electron chi connectivity index (χ4n) is 1.44. The molecule has 1 aromatic rings. The standard InChI is InChI=1S/C10H13BrN2O3/c1-2-12(5-6-14)10-4-3-8(13(15)16)7-9(10)11/h3-4,7,14H,2,5-6H2,1H3. The Hall–Kier alpha value is -1.14. The Kier molecular flexibility index (Phi) is 4.70. The number of halogens is 1. The zero-order valence-electron chi connectivity index (χ0n) is 8.89. The Bertz CT molecular complexity index is 384. The summed E-state index contributed by atoms with van der Waals surface area (Å²) in [4.78, 5) is 12.1. The molecule has 0 aromatic heterocycles. The van der Waals surface area contributed by atoms with Crippen LogP contribution in [0.5, 0.6) is 0 Å². The van der Waals surface area contributed by atoms with E-state index >= 15 is 0 Å². The van der Waals surface area contributed by atoms with E-state index < -0.39 is 4.92 Å². The van der Waals surface area contributed by atoms with Crippen molar-refractivity contribution >= 4 is 27.3 Å². The Morgan fingerprint density at radius 2 is 2.25 bits per heavy atom. The van der Waals surface area contributed by atoms with E-state index in [4.69, 9.17) is 5.11 Å². The van der Waals surface area contributed by atoms with Gasteiger partial charge in [-0.2, -0.15) is 0 Å². The maximum atomic E-state index is 10.6. The van der Waals surface area contributed by atoms with Crippen molar-refractivity contribution in [2.45, 2.75) is 6.92 Å². The van der Waals surface area contributed by atoms with Crippen LogP contribution < -0.4 is 4.90 Å².